The summed E-state index contributed by atoms with van der Waals surface area (Å²) in [5, 5.41) is 11.4. The van der Waals surface area contributed by atoms with Gasteiger partial charge in [-0.3, -0.25) is 4.79 Å². The number of likely N-dealkylation sites (tertiary alicyclic amines) is 1. The van der Waals surface area contributed by atoms with E-state index in [9.17, 15) is 22.8 Å². The summed E-state index contributed by atoms with van der Waals surface area (Å²) in [5.74, 6) is -1.95. The topological polar surface area (TPSA) is 78.9 Å². The molecule has 0 aromatic heterocycles. The molecule has 2 unspecified atom stereocenters. The van der Waals surface area contributed by atoms with Crippen LogP contribution >= 0.6 is 0 Å². The second-order valence-corrected chi connectivity index (χ2v) is 5.07. The fraction of sp³-hybridized carbons (Fsp3) is 0.833. The van der Waals surface area contributed by atoms with E-state index in [4.69, 9.17) is 9.84 Å². The van der Waals surface area contributed by atoms with Gasteiger partial charge in [0.1, 0.15) is 0 Å². The zero-order valence-electron chi connectivity index (χ0n) is 11.9. The summed E-state index contributed by atoms with van der Waals surface area (Å²) in [6, 6.07) is -1.09. The number of nitrogens with zero attached hydrogens (tertiary/aromatic N) is 1. The zero-order valence-corrected chi connectivity index (χ0v) is 11.9. The number of ether oxygens (including phenoxy) is 1. The van der Waals surface area contributed by atoms with Gasteiger partial charge in [0.25, 0.3) is 0 Å². The first-order chi connectivity index (χ1) is 9.64. The number of rotatable bonds is 5. The predicted octanol–water partition coefficient (Wildman–Crippen LogP) is 1.46. The lowest BCUT2D eigenvalue weighted by Crippen LogP contribution is -2.50. The van der Waals surface area contributed by atoms with Crippen molar-refractivity contribution >= 4 is 12.0 Å². The molecule has 21 heavy (non-hydrogen) atoms. The number of carboxylic acids is 1. The molecule has 0 spiro atoms. The van der Waals surface area contributed by atoms with Gasteiger partial charge in [0.15, 0.2) is 5.41 Å². The number of aliphatic carboxylic acids is 1. The molecule has 9 heteroatoms. The molecule has 0 saturated carbocycles. The highest BCUT2D eigenvalue weighted by Gasteiger charge is 2.64. The molecule has 0 radical (unpaired) electrons. The van der Waals surface area contributed by atoms with Crippen LogP contribution in [0.4, 0.5) is 18.0 Å². The number of nitrogens with one attached hydrogen (secondary N) is 1. The van der Waals surface area contributed by atoms with Crippen molar-refractivity contribution in [1.82, 2.24) is 10.2 Å². The van der Waals surface area contributed by atoms with Crippen molar-refractivity contribution in [3.05, 3.63) is 0 Å². The van der Waals surface area contributed by atoms with Gasteiger partial charge < -0.3 is 20.1 Å². The quantitative estimate of drug-likeness (QED) is 0.805. The van der Waals surface area contributed by atoms with Gasteiger partial charge in [-0.25, -0.2) is 4.79 Å². The number of hydrogen-bond donors (Lipinski definition) is 2. The second-order valence-electron chi connectivity index (χ2n) is 5.07. The monoisotopic (exact) mass is 312 g/mol. The normalized spacial score (nSPS) is 24.0. The van der Waals surface area contributed by atoms with Gasteiger partial charge >= 0.3 is 18.2 Å². The fourth-order valence-electron chi connectivity index (χ4n) is 2.15. The van der Waals surface area contributed by atoms with Crippen LogP contribution in [0.3, 0.4) is 0 Å². The van der Waals surface area contributed by atoms with Crippen LogP contribution in [0.15, 0.2) is 0 Å². The van der Waals surface area contributed by atoms with Crippen LogP contribution < -0.4 is 5.32 Å². The number of hydrogen-bond acceptors (Lipinski definition) is 3. The lowest BCUT2D eigenvalue weighted by Gasteiger charge is -2.27. The van der Waals surface area contributed by atoms with Crippen molar-refractivity contribution in [1.29, 1.82) is 0 Å². The molecule has 1 heterocycles. The lowest BCUT2D eigenvalue weighted by molar-refractivity contribution is -0.226. The maximum atomic E-state index is 13.0. The largest absolute Gasteiger partial charge is 0.481 e. The summed E-state index contributed by atoms with van der Waals surface area (Å²) in [4.78, 5) is 23.7. The Kier molecular flexibility index (Phi) is 5.43. The maximum absolute atomic E-state index is 13.0. The van der Waals surface area contributed by atoms with Crippen molar-refractivity contribution in [3.63, 3.8) is 0 Å². The van der Waals surface area contributed by atoms with Gasteiger partial charge in [-0.15, -0.1) is 0 Å². The first kappa shape index (κ1) is 17.5. The van der Waals surface area contributed by atoms with Crippen molar-refractivity contribution in [2.24, 2.45) is 5.41 Å². The summed E-state index contributed by atoms with van der Waals surface area (Å²) in [5.41, 5.74) is -2.88. The Morgan fingerprint density at radius 2 is 2.10 bits per heavy atom. The molecule has 0 aromatic rings. The molecule has 1 saturated heterocycles. The Morgan fingerprint density at radius 3 is 2.52 bits per heavy atom. The minimum Gasteiger partial charge on any atom is -0.481 e. The van der Waals surface area contributed by atoms with E-state index in [1.165, 1.54) is 0 Å². The number of carbonyl (C=O) groups is 2. The van der Waals surface area contributed by atoms with E-state index in [-0.39, 0.29) is 19.2 Å². The molecule has 6 nitrogen and oxygen atoms in total. The summed E-state index contributed by atoms with van der Waals surface area (Å²) in [6.45, 7) is 3.00. The van der Waals surface area contributed by atoms with E-state index < -0.39 is 36.6 Å². The number of carboxylic acid groups (broad SMARTS) is 1. The van der Waals surface area contributed by atoms with Gasteiger partial charge in [0.2, 0.25) is 0 Å². The molecular formula is C12H19F3N2O4. The Morgan fingerprint density at radius 1 is 1.48 bits per heavy atom. The number of alkyl halides is 3. The van der Waals surface area contributed by atoms with Crippen molar-refractivity contribution < 1.29 is 32.6 Å². The third-order valence-corrected chi connectivity index (χ3v) is 3.45. The Bertz CT molecular complexity index is 402. The molecule has 2 atom stereocenters. The van der Waals surface area contributed by atoms with E-state index in [2.05, 4.69) is 5.32 Å². The number of urea groups is 1. The molecule has 122 valence electrons. The van der Waals surface area contributed by atoms with Crippen LogP contribution in [0.2, 0.25) is 0 Å². The van der Waals surface area contributed by atoms with E-state index in [0.29, 0.717) is 6.61 Å². The summed E-state index contributed by atoms with van der Waals surface area (Å²) in [6.07, 6.45) is -5.54. The van der Waals surface area contributed by atoms with E-state index >= 15 is 0 Å². The molecule has 1 fully saturated rings. The summed E-state index contributed by atoms with van der Waals surface area (Å²) in [7, 11) is 0. The zero-order chi connectivity index (χ0) is 16.3. The first-order valence-corrected chi connectivity index (χ1v) is 6.57. The van der Waals surface area contributed by atoms with E-state index in [1.54, 1.807) is 13.8 Å². The van der Waals surface area contributed by atoms with Crippen LogP contribution in [0.5, 0.6) is 0 Å². The average Bonchev–Trinajstić information content (AvgIpc) is 2.82. The van der Waals surface area contributed by atoms with Gasteiger partial charge in [0, 0.05) is 19.7 Å². The molecule has 0 bridgehead atoms. The van der Waals surface area contributed by atoms with Gasteiger partial charge in [-0.2, -0.15) is 13.2 Å². The highest BCUT2D eigenvalue weighted by molar-refractivity contribution is 5.80. The van der Waals surface area contributed by atoms with Crippen molar-refractivity contribution in [2.75, 3.05) is 26.3 Å². The molecule has 1 rings (SSSR count). The minimum absolute atomic E-state index is 0.236. The average molecular weight is 312 g/mol. The highest BCUT2D eigenvalue weighted by Crippen LogP contribution is 2.45. The molecule has 0 aliphatic carbocycles. The number of carbonyl (C=O) groups excluding carboxylic acids is 1. The van der Waals surface area contributed by atoms with Gasteiger partial charge in [-0.05, 0) is 20.3 Å². The summed E-state index contributed by atoms with van der Waals surface area (Å²) < 4.78 is 44.0. The Hall–Kier alpha value is -1.51. The second kappa shape index (κ2) is 6.50. The van der Waals surface area contributed by atoms with Crippen LogP contribution in [0.25, 0.3) is 0 Å². The SMILES string of the molecule is CCOCC(C)NC(=O)N1CCC(C(=O)O)(C(F)(F)F)C1. The summed E-state index contributed by atoms with van der Waals surface area (Å²) >= 11 is 0. The van der Waals surface area contributed by atoms with Gasteiger partial charge in [0.05, 0.1) is 12.6 Å². The molecule has 1 aliphatic rings. The first-order valence-electron chi connectivity index (χ1n) is 6.57. The molecular weight excluding hydrogens is 293 g/mol. The third kappa shape index (κ3) is 3.78. The molecule has 0 aromatic carbocycles. The smallest absolute Gasteiger partial charge is 0.406 e. The third-order valence-electron chi connectivity index (χ3n) is 3.45. The Labute approximate surface area is 120 Å². The number of halogens is 3. The van der Waals surface area contributed by atoms with Crippen LogP contribution in [-0.2, 0) is 9.53 Å². The minimum atomic E-state index is -4.90. The van der Waals surface area contributed by atoms with Crippen molar-refractivity contribution in [2.45, 2.75) is 32.5 Å². The van der Waals surface area contributed by atoms with Crippen molar-refractivity contribution in [3.8, 4) is 0 Å². The molecule has 1 aliphatic heterocycles. The Balaban J connectivity index is 2.68. The standard InChI is InChI=1S/C12H19F3N2O4/c1-3-21-6-8(2)16-10(20)17-5-4-11(7-17,9(18)19)12(13,14)15/h8H,3-7H2,1-2H3,(H,16,20)(H,18,19). The fourth-order valence-corrected chi connectivity index (χ4v) is 2.15. The predicted molar refractivity (Wildman–Crippen MR) is 66.8 cm³/mol. The van der Waals surface area contributed by atoms with Crippen LogP contribution in [0, 0.1) is 5.41 Å². The number of amides is 2. The van der Waals surface area contributed by atoms with Crippen LogP contribution in [-0.4, -0.2) is 60.5 Å². The van der Waals surface area contributed by atoms with E-state index in [0.717, 1.165) is 4.90 Å². The van der Waals surface area contributed by atoms with Crippen LogP contribution in [0.1, 0.15) is 20.3 Å². The molecule has 2 N–H and O–H groups in total. The van der Waals surface area contributed by atoms with E-state index in [1.807, 2.05) is 0 Å². The lowest BCUT2D eigenvalue weighted by atomic mass is 9.86. The molecule has 2 amide bonds. The highest BCUT2D eigenvalue weighted by atomic mass is 19.4. The maximum Gasteiger partial charge on any atom is 0.406 e. The van der Waals surface area contributed by atoms with Gasteiger partial charge in [-0.1, -0.05) is 0 Å².